The lowest BCUT2D eigenvalue weighted by Gasteiger charge is -2.39. The summed E-state index contributed by atoms with van der Waals surface area (Å²) in [6.07, 6.45) is 5.71. The second kappa shape index (κ2) is 7.93. The van der Waals surface area contributed by atoms with Crippen LogP contribution in [0.4, 0.5) is 5.69 Å². The molecule has 134 valence electrons. The van der Waals surface area contributed by atoms with Gasteiger partial charge in [-0.2, -0.15) is 5.26 Å². The van der Waals surface area contributed by atoms with Crippen molar-refractivity contribution in [2.45, 2.75) is 44.4 Å². The number of nitriles is 1. The number of nitrogens with one attached hydrogen (secondary N) is 1. The fourth-order valence-electron chi connectivity index (χ4n) is 3.96. The van der Waals surface area contributed by atoms with Crippen LogP contribution >= 0.6 is 11.6 Å². The lowest BCUT2D eigenvalue weighted by Crippen LogP contribution is -2.44. The van der Waals surface area contributed by atoms with Crippen LogP contribution in [0.2, 0.25) is 5.02 Å². The molecule has 0 saturated heterocycles. The summed E-state index contributed by atoms with van der Waals surface area (Å²) in [6, 6.07) is 17.1. The highest BCUT2D eigenvalue weighted by atomic mass is 35.5. The summed E-state index contributed by atoms with van der Waals surface area (Å²) in [5.74, 6) is 0.295. The molecule has 1 amide bonds. The van der Waals surface area contributed by atoms with E-state index in [2.05, 4.69) is 12.2 Å². The Hall–Kier alpha value is -2.31. The van der Waals surface area contributed by atoms with Crippen molar-refractivity contribution < 1.29 is 4.79 Å². The zero-order valence-electron chi connectivity index (χ0n) is 15.0. The SMILES string of the molecule is CC(C(=O)Nc1ccc(C#N)c(Cl)c1)(c1ccccc1)C1CCCCC1. The van der Waals surface area contributed by atoms with Gasteiger partial charge >= 0.3 is 0 Å². The van der Waals surface area contributed by atoms with E-state index in [1.54, 1.807) is 18.2 Å². The fraction of sp³-hybridized carbons (Fsp3) is 0.364. The molecule has 3 nitrogen and oxygen atoms in total. The number of rotatable bonds is 4. The van der Waals surface area contributed by atoms with Crippen molar-refractivity contribution in [1.82, 2.24) is 0 Å². The number of halogens is 1. The second-order valence-corrected chi connectivity index (χ2v) is 7.57. The van der Waals surface area contributed by atoms with E-state index in [4.69, 9.17) is 16.9 Å². The summed E-state index contributed by atoms with van der Waals surface area (Å²) in [5.41, 5.74) is 1.48. The van der Waals surface area contributed by atoms with Crippen LogP contribution in [0, 0.1) is 17.2 Å². The zero-order valence-corrected chi connectivity index (χ0v) is 15.7. The van der Waals surface area contributed by atoms with Crippen molar-refractivity contribution in [3.63, 3.8) is 0 Å². The number of carbonyl (C=O) groups excluding carboxylic acids is 1. The maximum atomic E-state index is 13.4. The Bertz CT molecular complexity index is 822. The molecule has 0 aromatic heterocycles. The Kier molecular flexibility index (Phi) is 5.64. The minimum absolute atomic E-state index is 0.0172. The van der Waals surface area contributed by atoms with E-state index in [-0.39, 0.29) is 5.91 Å². The minimum atomic E-state index is -0.595. The first-order valence-electron chi connectivity index (χ1n) is 9.12. The third-order valence-corrected chi connectivity index (χ3v) is 5.93. The molecular weight excluding hydrogens is 344 g/mol. The minimum Gasteiger partial charge on any atom is -0.325 e. The van der Waals surface area contributed by atoms with Crippen molar-refractivity contribution in [3.8, 4) is 6.07 Å². The monoisotopic (exact) mass is 366 g/mol. The molecule has 2 aromatic rings. The molecule has 4 heteroatoms. The van der Waals surface area contributed by atoms with Crippen molar-refractivity contribution in [3.05, 3.63) is 64.7 Å². The van der Waals surface area contributed by atoms with Gasteiger partial charge in [0.25, 0.3) is 0 Å². The van der Waals surface area contributed by atoms with Crippen molar-refractivity contribution in [1.29, 1.82) is 5.26 Å². The Morgan fingerprint density at radius 1 is 1.15 bits per heavy atom. The number of hydrogen-bond donors (Lipinski definition) is 1. The molecule has 0 spiro atoms. The highest BCUT2D eigenvalue weighted by Gasteiger charge is 2.43. The summed E-state index contributed by atoms with van der Waals surface area (Å²) < 4.78 is 0. The summed E-state index contributed by atoms with van der Waals surface area (Å²) in [7, 11) is 0. The Morgan fingerprint density at radius 2 is 1.85 bits per heavy atom. The number of benzene rings is 2. The van der Waals surface area contributed by atoms with E-state index in [9.17, 15) is 4.79 Å². The lowest BCUT2D eigenvalue weighted by atomic mass is 9.65. The Labute approximate surface area is 160 Å². The van der Waals surface area contributed by atoms with Gasteiger partial charge in [-0.3, -0.25) is 4.79 Å². The third-order valence-electron chi connectivity index (χ3n) is 5.61. The van der Waals surface area contributed by atoms with Crippen molar-refractivity contribution in [2.24, 2.45) is 5.92 Å². The maximum Gasteiger partial charge on any atom is 0.235 e. The van der Waals surface area contributed by atoms with Crippen LogP contribution in [0.15, 0.2) is 48.5 Å². The van der Waals surface area contributed by atoms with Gasteiger partial charge in [0.15, 0.2) is 0 Å². The number of carbonyl (C=O) groups is 1. The quantitative estimate of drug-likeness (QED) is 0.755. The van der Waals surface area contributed by atoms with Gasteiger partial charge in [0.1, 0.15) is 6.07 Å². The molecule has 26 heavy (non-hydrogen) atoms. The van der Waals surface area contributed by atoms with Crippen LogP contribution in [-0.2, 0) is 10.2 Å². The van der Waals surface area contributed by atoms with Crippen LogP contribution < -0.4 is 5.32 Å². The summed E-state index contributed by atoms with van der Waals surface area (Å²) in [5, 5.41) is 12.4. The molecule has 1 aliphatic rings. The van der Waals surface area contributed by atoms with E-state index < -0.39 is 5.41 Å². The van der Waals surface area contributed by atoms with Crippen molar-refractivity contribution in [2.75, 3.05) is 5.32 Å². The van der Waals surface area contributed by atoms with E-state index in [0.29, 0.717) is 22.2 Å². The first-order chi connectivity index (χ1) is 12.6. The predicted molar refractivity (Wildman–Crippen MR) is 105 cm³/mol. The summed E-state index contributed by atoms with van der Waals surface area (Å²) in [6.45, 7) is 2.05. The molecule has 1 fully saturated rings. The highest BCUT2D eigenvalue weighted by Crippen LogP contribution is 2.42. The van der Waals surface area contributed by atoms with Gasteiger partial charge in [0.2, 0.25) is 5.91 Å². The Balaban J connectivity index is 1.92. The molecule has 0 bridgehead atoms. The van der Waals surface area contributed by atoms with E-state index in [1.165, 1.54) is 19.3 Å². The third kappa shape index (κ3) is 3.61. The number of hydrogen-bond acceptors (Lipinski definition) is 2. The second-order valence-electron chi connectivity index (χ2n) is 7.16. The Morgan fingerprint density at radius 3 is 2.46 bits per heavy atom. The molecule has 1 saturated carbocycles. The maximum absolute atomic E-state index is 13.4. The average Bonchev–Trinajstić information content (AvgIpc) is 2.69. The van der Waals surface area contributed by atoms with Crippen LogP contribution in [0.1, 0.15) is 50.2 Å². The molecule has 3 rings (SSSR count). The predicted octanol–water partition coefficient (Wildman–Crippen LogP) is 5.69. The van der Waals surface area contributed by atoms with Gasteiger partial charge < -0.3 is 5.32 Å². The van der Waals surface area contributed by atoms with Crippen molar-refractivity contribution >= 4 is 23.2 Å². The average molecular weight is 367 g/mol. The number of nitrogens with zero attached hydrogens (tertiary/aromatic N) is 1. The van der Waals surface area contributed by atoms with Gasteiger partial charge in [-0.15, -0.1) is 0 Å². The van der Waals surface area contributed by atoms with E-state index >= 15 is 0 Å². The molecule has 1 N–H and O–H groups in total. The first kappa shape index (κ1) is 18.5. The summed E-state index contributed by atoms with van der Waals surface area (Å²) >= 11 is 6.12. The van der Waals surface area contributed by atoms with Gasteiger partial charge in [-0.05, 0) is 49.4 Å². The van der Waals surface area contributed by atoms with E-state index in [1.807, 2.05) is 36.4 Å². The zero-order chi connectivity index (χ0) is 18.6. The lowest BCUT2D eigenvalue weighted by molar-refractivity contribution is -0.123. The van der Waals surface area contributed by atoms with Crippen LogP contribution in [-0.4, -0.2) is 5.91 Å². The van der Waals surface area contributed by atoms with Crippen LogP contribution in [0.25, 0.3) is 0 Å². The van der Waals surface area contributed by atoms with Gasteiger partial charge in [-0.25, -0.2) is 0 Å². The normalized spacial score (nSPS) is 17.1. The summed E-state index contributed by atoms with van der Waals surface area (Å²) in [4.78, 5) is 13.4. The first-order valence-corrected chi connectivity index (χ1v) is 9.50. The van der Waals surface area contributed by atoms with E-state index in [0.717, 1.165) is 18.4 Å². The fourth-order valence-corrected chi connectivity index (χ4v) is 4.18. The van der Waals surface area contributed by atoms with Gasteiger partial charge in [-0.1, -0.05) is 61.2 Å². The number of anilines is 1. The number of amides is 1. The highest BCUT2D eigenvalue weighted by molar-refractivity contribution is 6.32. The van der Waals surface area contributed by atoms with Gasteiger partial charge in [0, 0.05) is 5.69 Å². The standard InChI is InChI=1S/C22H23ClN2O/c1-22(17-8-4-2-5-9-17,18-10-6-3-7-11-18)21(26)25-19-13-12-16(15-24)20(23)14-19/h2,4-5,8-9,12-14,18H,3,6-7,10-11H2,1H3,(H,25,26). The molecule has 0 radical (unpaired) electrons. The molecule has 1 aliphatic carbocycles. The molecule has 1 atom stereocenters. The van der Waals surface area contributed by atoms with Crippen LogP contribution in [0.3, 0.4) is 0 Å². The molecular formula is C22H23ClN2O. The van der Waals surface area contributed by atoms with Crippen LogP contribution in [0.5, 0.6) is 0 Å². The molecule has 2 aromatic carbocycles. The largest absolute Gasteiger partial charge is 0.325 e. The molecule has 0 aliphatic heterocycles. The molecule has 0 heterocycles. The van der Waals surface area contributed by atoms with Gasteiger partial charge in [0.05, 0.1) is 16.0 Å². The topological polar surface area (TPSA) is 52.9 Å². The molecule has 1 unspecified atom stereocenters. The smallest absolute Gasteiger partial charge is 0.235 e.